The summed E-state index contributed by atoms with van der Waals surface area (Å²) in [7, 11) is 5.72. The van der Waals surface area contributed by atoms with Crippen LogP contribution in [-0.2, 0) is 19.6 Å². The highest BCUT2D eigenvalue weighted by atomic mass is 16.6. The normalized spacial score (nSPS) is 16.7. The lowest BCUT2D eigenvalue weighted by atomic mass is 10.1. The number of piperazine rings is 2. The maximum atomic E-state index is 14.3. The quantitative estimate of drug-likeness (QED) is 0.124. The summed E-state index contributed by atoms with van der Waals surface area (Å²) in [5.41, 5.74) is 4.29. The van der Waals surface area contributed by atoms with Gasteiger partial charge in [0, 0.05) is 107 Å². The van der Waals surface area contributed by atoms with Crippen LogP contribution in [0.3, 0.4) is 0 Å². The van der Waals surface area contributed by atoms with Crippen molar-refractivity contribution in [3.8, 4) is 23.0 Å². The smallest absolute Gasteiger partial charge is 0.415 e. The van der Waals surface area contributed by atoms with Gasteiger partial charge in [0.2, 0.25) is 5.78 Å². The van der Waals surface area contributed by atoms with Gasteiger partial charge in [-0.15, -0.1) is 0 Å². The molecule has 0 bridgehead atoms. The van der Waals surface area contributed by atoms with Gasteiger partial charge >= 0.3 is 12.2 Å². The number of carbonyl (C=O) groups excluding carboxylic acids is 3. The lowest BCUT2D eigenvalue weighted by molar-refractivity contribution is 0.100. The van der Waals surface area contributed by atoms with Crippen LogP contribution in [0.25, 0.3) is 17.0 Å². The van der Waals surface area contributed by atoms with Crippen LogP contribution in [0.15, 0.2) is 103 Å². The average molecular weight is 813 g/mol. The van der Waals surface area contributed by atoms with Gasteiger partial charge in [0.05, 0.1) is 7.11 Å². The van der Waals surface area contributed by atoms with Gasteiger partial charge in [0.25, 0.3) is 0 Å². The highest BCUT2D eigenvalue weighted by molar-refractivity contribution is 6.17. The standard InChI is InChI=1S/C47H52N6O7/c1-48(2)17-10-18-53-33-36(39-28-37(57-3)15-16-40(39)53)27-43-45(54)44-41(59-43)29-38(58-46(55)51-23-19-49(20-24-51)31-34-11-6-4-7-12-34)30-42(44)60-47(56)52-25-21-50(22-26-52)32-35-13-8-5-9-14-35/h4-9,11-16,27-30,33H,10,17-26,31-32H2,1-3H3. The monoisotopic (exact) mass is 812 g/mol. The van der Waals surface area contributed by atoms with Crippen molar-refractivity contribution in [1.29, 1.82) is 0 Å². The predicted molar refractivity (Wildman–Crippen MR) is 230 cm³/mol. The second-order valence-electron chi connectivity index (χ2n) is 15.8. The van der Waals surface area contributed by atoms with Gasteiger partial charge in [-0.25, -0.2) is 9.59 Å². The van der Waals surface area contributed by atoms with Gasteiger partial charge in [-0.3, -0.25) is 14.6 Å². The maximum Gasteiger partial charge on any atom is 0.415 e. The largest absolute Gasteiger partial charge is 0.497 e. The fraction of sp³-hybridized carbons (Fsp3) is 0.340. The van der Waals surface area contributed by atoms with Crippen LogP contribution < -0.4 is 18.9 Å². The average Bonchev–Trinajstić information content (AvgIpc) is 3.76. The minimum atomic E-state index is -0.590. The van der Waals surface area contributed by atoms with Gasteiger partial charge < -0.3 is 38.2 Å². The first-order chi connectivity index (χ1) is 29.2. The van der Waals surface area contributed by atoms with E-state index in [4.69, 9.17) is 18.9 Å². The van der Waals surface area contributed by atoms with Crippen LogP contribution in [0, 0.1) is 0 Å². The Morgan fingerprint density at radius 3 is 1.92 bits per heavy atom. The Balaban J connectivity index is 1.03. The van der Waals surface area contributed by atoms with Crippen LogP contribution >= 0.6 is 0 Å². The van der Waals surface area contributed by atoms with Crippen molar-refractivity contribution in [2.75, 3.05) is 80.1 Å². The lowest BCUT2D eigenvalue weighted by Gasteiger charge is -2.34. The Hall–Kier alpha value is -6.15. The molecule has 0 saturated carbocycles. The number of fused-ring (bicyclic) bond motifs is 2. The third kappa shape index (κ3) is 9.49. The van der Waals surface area contributed by atoms with E-state index in [1.54, 1.807) is 23.0 Å². The van der Waals surface area contributed by atoms with E-state index in [1.807, 2.05) is 60.8 Å². The summed E-state index contributed by atoms with van der Waals surface area (Å²) in [5, 5.41) is 0.899. The number of amides is 2. The Morgan fingerprint density at radius 2 is 1.33 bits per heavy atom. The molecule has 312 valence electrons. The Kier molecular flexibility index (Phi) is 12.5. The zero-order valence-corrected chi connectivity index (χ0v) is 34.5. The van der Waals surface area contributed by atoms with E-state index in [0.717, 1.165) is 49.1 Å². The van der Waals surface area contributed by atoms with E-state index in [-0.39, 0.29) is 28.6 Å². The number of rotatable bonds is 12. The number of Topliss-reactive ketones (excluding diaryl/α,β-unsaturated/α-hetero) is 1. The fourth-order valence-electron chi connectivity index (χ4n) is 8.01. The van der Waals surface area contributed by atoms with Crippen LogP contribution in [0.1, 0.15) is 33.5 Å². The molecule has 1 aromatic heterocycles. The zero-order chi connectivity index (χ0) is 41.6. The van der Waals surface area contributed by atoms with Gasteiger partial charge in [0.15, 0.2) is 11.5 Å². The third-order valence-corrected chi connectivity index (χ3v) is 11.3. The molecule has 8 rings (SSSR count). The van der Waals surface area contributed by atoms with Crippen molar-refractivity contribution in [2.45, 2.75) is 26.1 Å². The molecular weight excluding hydrogens is 761 g/mol. The Labute approximate surface area is 350 Å². The van der Waals surface area contributed by atoms with Crippen LogP contribution in [-0.4, -0.2) is 127 Å². The Bertz CT molecular complexity index is 2350. The number of carbonyl (C=O) groups is 3. The molecular formula is C47H52N6O7. The summed E-state index contributed by atoms with van der Waals surface area (Å²) in [5.74, 6) is 0.536. The summed E-state index contributed by atoms with van der Waals surface area (Å²) < 4.78 is 26.0. The maximum absolute atomic E-state index is 14.3. The summed E-state index contributed by atoms with van der Waals surface area (Å²) in [4.78, 5) is 51.7. The number of aryl methyl sites for hydroxylation is 1. The van der Waals surface area contributed by atoms with E-state index in [1.165, 1.54) is 23.3 Å². The van der Waals surface area contributed by atoms with Gasteiger partial charge in [-0.2, -0.15) is 0 Å². The number of ketones is 1. The molecule has 3 aliphatic heterocycles. The van der Waals surface area contributed by atoms with E-state index in [2.05, 4.69) is 57.6 Å². The van der Waals surface area contributed by atoms with E-state index in [0.29, 0.717) is 58.1 Å². The van der Waals surface area contributed by atoms with Crippen molar-refractivity contribution in [3.63, 3.8) is 0 Å². The molecule has 4 heterocycles. The second-order valence-corrected chi connectivity index (χ2v) is 15.8. The molecule has 2 amide bonds. The molecule has 0 atom stereocenters. The summed E-state index contributed by atoms with van der Waals surface area (Å²) in [6.45, 7) is 7.90. The molecule has 2 saturated heterocycles. The summed E-state index contributed by atoms with van der Waals surface area (Å²) in [6, 6.07) is 29.3. The second kappa shape index (κ2) is 18.4. The molecule has 13 heteroatoms. The number of hydrogen-bond donors (Lipinski definition) is 0. The minimum absolute atomic E-state index is 0.0270. The first kappa shape index (κ1) is 40.6. The van der Waals surface area contributed by atoms with Crippen molar-refractivity contribution >= 4 is 34.9 Å². The van der Waals surface area contributed by atoms with Crippen LogP contribution in [0.5, 0.6) is 23.0 Å². The van der Waals surface area contributed by atoms with E-state index < -0.39 is 18.0 Å². The molecule has 5 aromatic rings. The van der Waals surface area contributed by atoms with E-state index in [9.17, 15) is 14.4 Å². The minimum Gasteiger partial charge on any atom is -0.497 e. The van der Waals surface area contributed by atoms with Gasteiger partial charge in [-0.05, 0) is 62.5 Å². The van der Waals surface area contributed by atoms with Crippen LogP contribution in [0.4, 0.5) is 9.59 Å². The molecule has 0 unspecified atom stereocenters. The van der Waals surface area contributed by atoms with E-state index >= 15 is 0 Å². The predicted octanol–water partition coefficient (Wildman–Crippen LogP) is 6.85. The van der Waals surface area contributed by atoms with Crippen molar-refractivity contribution in [1.82, 2.24) is 29.1 Å². The van der Waals surface area contributed by atoms with Crippen molar-refractivity contribution in [3.05, 3.63) is 125 Å². The highest BCUT2D eigenvalue weighted by Gasteiger charge is 2.35. The third-order valence-electron chi connectivity index (χ3n) is 11.3. The summed E-state index contributed by atoms with van der Waals surface area (Å²) in [6.07, 6.45) is 3.54. The van der Waals surface area contributed by atoms with Crippen molar-refractivity contribution < 1.29 is 33.3 Å². The van der Waals surface area contributed by atoms with Crippen molar-refractivity contribution in [2.24, 2.45) is 0 Å². The molecule has 13 nitrogen and oxygen atoms in total. The molecule has 0 spiro atoms. The number of aromatic nitrogens is 1. The number of ether oxygens (including phenoxy) is 4. The molecule has 60 heavy (non-hydrogen) atoms. The topological polar surface area (TPSA) is 109 Å². The van der Waals surface area contributed by atoms with Gasteiger partial charge in [-0.1, -0.05) is 60.7 Å². The first-order valence-corrected chi connectivity index (χ1v) is 20.6. The number of nitrogens with zero attached hydrogens (tertiary/aromatic N) is 6. The van der Waals surface area contributed by atoms with Crippen LogP contribution in [0.2, 0.25) is 0 Å². The fourth-order valence-corrected chi connectivity index (χ4v) is 8.01. The number of allylic oxidation sites excluding steroid dienone is 1. The zero-order valence-electron chi connectivity index (χ0n) is 34.5. The molecule has 3 aliphatic rings. The summed E-state index contributed by atoms with van der Waals surface area (Å²) >= 11 is 0. The molecule has 0 N–H and O–H groups in total. The molecule has 2 fully saturated rings. The van der Waals surface area contributed by atoms with Gasteiger partial charge in [0.1, 0.15) is 22.8 Å². The molecule has 4 aromatic carbocycles. The molecule has 0 aliphatic carbocycles. The Morgan fingerprint density at radius 1 is 0.733 bits per heavy atom. The number of benzene rings is 4. The number of methoxy groups -OCH3 is 1. The molecule has 0 radical (unpaired) electrons. The SMILES string of the molecule is COc1ccc2c(c1)c(C=C1Oc3cc(OC(=O)N4CCN(Cc5ccccc5)CC4)cc(OC(=O)N4CCN(Cc5ccccc5)CC4)c3C1=O)cn2CCCN(C)C. The highest BCUT2D eigenvalue weighted by Crippen LogP contribution is 2.43. The number of hydrogen-bond acceptors (Lipinski definition) is 10. The first-order valence-electron chi connectivity index (χ1n) is 20.6. The lowest BCUT2D eigenvalue weighted by Crippen LogP contribution is -2.49.